The lowest BCUT2D eigenvalue weighted by Crippen LogP contribution is -2.62. The maximum absolute atomic E-state index is 7.37. The van der Waals surface area contributed by atoms with Gasteiger partial charge in [0.05, 0.1) is 0 Å². The van der Waals surface area contributed by atoms with Crippen LogP contribution >= 0.6 is 0 Å². The molecule has 0 spiro atoms. The van der Waals surface area contributed by atoms with Gasteiger partial charge in [0, 0.05) is 60.0 Å². The Morgan fingerprint density at radius 3 is 1.04 bits per heavy atom. The number of ether oxygens (including phenoxy) is 4. The van der Waals surface area contributed by atoms with Gasteiger partial charge in [0.15, 0.2) is 41.6 Å². The first-order valence-electron chi connectivity index (χ1n) is 21.5. The molecule has 0 N–H and O–H groups in total. The van der Waals surface area contributed by atoms with E-state index in [-0.39, 0.29) is 0 Å². The van der Waals surface area contributed by atoms with Crippen LogP contribution in [0.15, 0.2) is 0 Å². The Morgan fingerprint density at radius 1 is 0.298 bits per heavy atom. The fourth-order valence-corrected chi connectivity index (χ4v) is 41.8. The van der Waals surface area contributed by atoms with Crippen LogP contribution < -0.4 is 0 Å². The summed E-state index contributed by atoms with van der Waals surface area (Å²) >= 11 is 0. The normalized spacial score (nSPS) is 16.2. The van der Waals surface area contributed by atoms with E-state index in [0.29, 0.717) is 33.0 Å². The highest BCUT2D eigenvalue weighted by atomic mass is 28.5. The molecule has 2 atom stereocenters. The average molecular weight is 970 g/mol. The zero-order chi connectivity index (χ0) is 44.3. The molecule has 0 bridgehead atoms. The minimum Gasteiger partial charge on any atom is -0.437 e. The second-order valence-electron chi connectivity index (χ2n) is 20.7. The van der Waals surface area contributed by atoms with Crippen molar-refractivity contribution < 1.29 is 52.2 Å². The molecule has 0 radical (unpaired) electrons. The van der Waals surface area contributed by atoms with Crippen molar-refractivity contribution in [3.63, 3.8) is 0 Å². The number of methoxy groups -OCH3 is 1. The summed E-state index contributed by atoms with van der Waals surface area (Å²) in [6.45, 7) is 47.3. The monoisotopic (exact) mass is 968 g/mol. The Balaban J connectivity index is 5.71. The van der Waals surface area contributed by atoms with Crippen LogP contribution in [-0.4, -0.2) is 136 Å². The van der Waals surface area contributed by atoms with E-state index in [2.05, 4.69) is 124 Å². The van der Waals surface area contributed by atoms with Gasteiger partial charge in [-0.3, -0.25) is 0 Å². The second-order valence-corrected chi connectivity index (χ2v) is 57.2. The van der Waals surface area contributed by atoms with Gasteiger partial charge in [-0.25, -0.2) is 0 Å². The van der Waals surface area contributed by atoms with Crippen molar-refractivity contribution in [3.05, 3.63) is 0 Å². The lowest BCUT2D eigenvalue weighted by Gasteiger charge is -2.44. The number of unbranched alkanes of at least 4 members (excludes halogenated alkanes) is 1. The van der Waals surface area contributed by atoms with Gasteiger partial charge < -0.3 is 52.2 Å². The molecule has 0 saturated carbocycles. The van der Waals surface area contributed by atoms with E-state index >= 15 is 0 Å². The summed E-state index contributed by atoms with van der Waals surface area (Å²) < 4.78 is 77.7. The lowest BCUT2D eigenvalue weighted by atomic mass is 10.4. The van der Waals surface area contributed by atoms with Gasteiger partial charge in [-0.2, -0.15) is 0 Å². The van der Waals surface area contributed by atoms with Crippen LogP contribution in [0.5, 0.6) is 0 Å². The van der Waals surface area contributed by atoms with Gasteiger partial charge in [0.1, 0.15) is 0 Å². The van der Waals surface area contributed by atoms with E-state index < -0.39 is 76.3 Å². The van der Waals surface area contributed by atoms with Crippen molar-refractivity contribution in [2.75, 3.05) is 60.0 Å². The highest BCUT2D eigenvalue weighted by Gasteiger charge is 2.54. The first kappa shape index (κ1) is 58.5. The van der Waals surface area contributed by atoms with Gasteiger partial charge in [0.2, 0.25) is 0 Å². The Labute approximate surface area is 361 Å². The lowest BCUT2D eigenvalue weighted by molar-refractivity contribution is 0.0581. The molecule has 0 fully saturated rings. The van der Waals surface area contributed by atoms with Gasteiger partial charge in [-0.1, -0.05) is 0 Å². The van der Waals surface area contributed by atoms with Crippen molar-refractivity contribution in [2.24, 2.45) is 0 Å². The SMILES string of the molecule is COCCCOCCCOCCCOCCC[Si](C)(O[Si](C)(C)C)O[Si](C)(CCCCO[Si](O[Si](C)(C)C)(O[Si](C)(C)C)O[Si](C)(C)C)O[Si](C)(C)O[Si](C)(C)C. The molecule has 12 nitrogen and oxygen atoms in total. The fraction of sp³-hybridized carbons (Fsp3) is 1.00. The topological polar surface area (TPSA) is 111 Å². The summed E-state index contributed by atoms with van der Waals surface area (Å²) in [5, 5.41) is 0. The number of hydrogen-bond donors (Lipinski definition) is 0. The van der Waals surface area contributed by atoms with Crippen LogP contribution in [0.2, 0.25) is 136 Å². The molecule has 0 aromatic carbocycles. The Morgan fingerprint density at radius 2 is 0.649 bits per heavy atom. The summed E-state index contributed by atoms with van der Waals surface area (Å²) in [4.78, 5) is 0. The molecular weight excluding hydrogens is 877 g/mol. The van der Waals surface area contributed by atoms with E-state index in [9.17, 15) is 0 Å². The molecule has 21 heteroatoms. The van der Waals surface area contributed by atoms with Gasteiger partial charge in [-0.05, 0) is 175 Å². The largest absolute Gasteiger partial charge is 0.647 e. The van der Waals surface area contributed by atoms with Crippen molar-refractivity contribution >= 4 is 76.3 Å². The molecule has 0 aliphatic heterocycles. The molecule has 0 heterocycles. The Kier molecular flexibility index (Phi) is 27.0. The molecule has 0 aliphatic carbocycles. The first-order valence-corrected chi connectivity index (χ1v) is 48.0. The third-order valence-corrected chi connectivity index (χ3v) is 36.4. The minimum atomic E-state index is -3.38. The average Bonchev–Trinajstić information content (AvgIpc) is 2.93. The van der Waals surface area contributed by atoms with E-state index in [0.717, 1.165) is 70.4 Å². The Bertz CT molecular complexity index is 1020. The summed E-state index contributed by atoms with van der Waals surface area (Å²) in [5.41, 5.74) is 0. The molecule has 0 aromatic rings. The minimum absolute atomic E-state index is 0.495. The number of rotatable bonds is 36. The molecule has 57 heavy (non-hydrogen) atoms. The third kappa shape index (κ3) is 34.6. The molecule has 0 rings (SSSR count). The third-order valence-electron chi connectivity index (χ3n) is 7.28. The van der Waals surface area contributed by atoms with Gasteiger partial charge in [-0.15, -0.1) is 0 Å². The smallest absolute Gasteiger partial charge is 0.437 e. The summed E-state index contributed by atoms with van der Waals surface area (Å²) in [5.74, 6) is 0. The van der Waals surface area contributed by atoms with Crippen LogP contribution in [0, 0.1) is 0 Å². The summed E-state index contributed by atoms with van der Waals surface area (Å²) in [6.07, 6.45) is 5.25. The van der Waals surface area contributed by atoms with E-state index in [1.54, 1.807) is 7.11 Å². The molecule has 0 saturated heterocycles. The van der Waals surface area contributed by atoms with Crippen molar-refractivity contribution in [1.82, 2.24) is 0 Å². The fourth-order valence-electron chi connectivity index (χ4n) is 6.28. The Hall–Kier alpha value is 1.47. The van der Waals surface area contributed by atoms with Gasteiger partial charge in [0.25, 0.3) is 0 Å². The standard InChI is InChI=1S/C36H92O12Si9/c1-37-27-23-28-38-29-24-30-39-31-25-32-40-33-26-36-55(19,43-50(5,6)7)48-56(20,47-54(17,18)42-49(2,3)4)35-22-21-34-41-57(44-51(8,9)10,45-52(11,12)13)46-53(14,15)16/h21-36H2,1-20H3. The van der Waals surface area contributed by atoms with E-state index in [1.165, 1.54) is 0 Å². The summed E-state index contributed by atoms with van der Waals surface area (Å²) in [6, 6.07) is 1.65. The van der Waals surface area contributed by atoms with Crippen LogP contribution in [0.1, 0.15) is 38.5 Å². The highest BCUT2D eigenvalue weighted by Crippen LogP contribution is 2.33. The quantitative estimate of drug-likeness (QED) is 0.0440. The van der Waals surface area contributed by atoms with Gasteiger partial charge >= 0.3 is 34.7 Å². The van der Waals surface area contributed by atoms with Crippen molar-refractivity contribution in [1.29, 1.82) is 0 Å². The molecular formula is C36H92O12Si9. The highest BCUT2D eigenvalue weighted by molar-refractivity contribution is 6.91. The van der Waals surface area contributed by atoms with Crippen LogP contribution in [0.4, 0.5) is 0 Å². The molecule has 0 aromatic heterocycles. The van der Waals surface area contributed by atoms with Crippen LogP contribution in [-0.2, 0) is 52.2 Å². The molecule has 0 aliphatic rings. The first-order chi connectivity index (χ1) is 25.7. The van der Waals surface area contributed by atoms with E-state index in [1.807, 2.05) is 0 Å². The molecule has 344 valence electrons. The predicted molar refractivity (Wildman–Crippen MR) is 258 cm³/mol. The predicted octanol–water partition coefficient (Wildman–Crippen LogP) is 10.6. The molecule has 0 amide bonds. The van der Waals surface area contributed by atoms with Crippen LogP contribution in [0.25, 0.3) is 0 Å². The zero-order valence-electron chi connectivity index (χ0n) is 40.7. The zero-order valence-corrected chi connectivity index (χ0v) is 49.7. The molecule has 2 unspecified atom stereocenters. The van der Waals surface area contributed by atoms with Crippen molar-refractivity contribution in [2.45, 2.75) is 175 Å². The second kappa shape index (κ2) is 26.3. The van der Waals surface area contributed by atoms with Crippen LogP contribution in [0.3, 0.4) is 0 Å². The van der Waals surface area contributed by atoms with Crippen molar-refractivity contribution in [3.8, 4) is 0 Å². The van der Waals surface area contributed by atoms with E-state index in [4.69, 9.17) is 52.2 Å². The summed E-state index contributed by atoms with van der Waals surface area (Å²) in [7, 11) is -19.7. The number of hydrogen-bond acceptors (Lipinski definition) is 12. The maximum Gasteiger partial charge on any atom is 0.647 e. The maximum atomic E-state index is 7.37.